The minimum Gasteiger partial charge on any atom is -0.390 e. The first-order valence-electron chi connectivity index (χ1n) is 5.69. The van der Waals surface area contributed by atoms with E-state index in [1.54, 1.807) is 0 Å². The zero-order valence-electron chi connectivity index (χ0n) is 9.66. The molecule has 3 nitrogen and oxygen atoms in total. The maximum Gasteiger partial charge on any atom is 0.0791 e. The summed E-state index contributed by atoms with van der Waals surface area (Å²) in [6, 6.07) is 0.687. The Bertz CT molecular complexity index is 161. The maximum absolute atomic E-state index is 9.61. The lowest BCUT2D eigenvalue weighted by Gasteiger charge is -2.16. The van der Waals surface area contributed by atoms with Crippen molar-refractivity contribution in [2.75, 3.05) is 27.2 Å². The second-order valence-corrected chi connectivity index (χ2v) is 4.72. The summed E-state index contributed by atoms with van der Waals surface area (Å²) in [5, 5.41) is 13.0. The fraction of sp³-hybridized carbons (Fsp3) is 1.00. The van der Waals surface area contributed by atoms with Crippen molar-refractivity contribution in [3.8, 4) is 0 Å². The highest BCUT2D eigenvalue weighted by atomic mass is 16.3. The fourth-order valence-corrected chi connectivity index (χ4v) is 1.96. The van der Waals surface area contributed by atoms with Gasteiger partial charge in [0.15, 0.2) is 0 Å². The third-order valence-corrected chi connectivity index (χ3v) is 2.77. The van der Waals surface area contributed by atoms with Crippen molar-refractivity contribution in [3.63, 3.8) is 0 Å². The van der Waals surface area contributed by atoms with Crippen LogP contribution >= 0.6 is 0 Å². The number of rotatable bonds is 7. The summed E-state index contributed by atoms with van der Waals surface area (Å²) in [5.74, 6) is 0.881. The van der Waals surface area contributed by atoms with Crippen LogP contribution in [0.25, 0.3) is 0 Å². The van der Waals surface area contributed by atoms with Crippen molar-refractivity contribution < 1.29 is 5.11 Å². The molecule has 2 N–H and O–H groups in total. The van der Waals surface area contributed by atoms with Crippen LogP contribution in [0.4, 0.5) is 0 Å². The van der Waals surface area contributed by atoms with Gasteiger partial charge < -0.3 is 15.3 Å². The predicted molar refractivity (Wildman–Crippen MR) is 59.4 cm³/mol. The van der Waals surface area contributed by atoms with E-state index in [-0.39, 0.29) is 6.10 Å². The summed E-state index contributed by atoms with van der Waals surface area (Å²) in [5.41, 5.74) is 0. The minimum atomic E-state index is -0.229. The maximum atomic E-state index is 9.61. The second-order valence-electron chi connectivity index (χ2n) is 4.72. The van der Waals surface area contributed by atoms with Crippen LogP contribution in [-0.4, -0.2) is 49.3 Å². The lowest BCUT2D eigenvalue weighted by Crippen LogP contribution is -2.36. The zero-order chi connectivity index (χ0) is 10.6. The average Bonchev–Trinajstić information content (AvgIpc) is 2.80. The molecule has 3 unspecified atom stereocenters. The van der Waals surface area contributed by atoms with E-state index in [2.05, 4.69) is 12.2 Å². The Kier molecular flexibility index (Phi) is 4.85. The normalized spacial score (nSPS) is 28.1. The van der Waals surface area contributed by atoms with Gasteiger partial charge in [-0.1, -0.05) is 13.3 Å². The molecular weight excluding hydrogens is 176 g/mol. The smallest absolute Gasteiger partial charge is 0.0791 e. The summed E-state index contributed by atoms with van der Waals surface area (Å²) in [6.07, 6.45) is 3.69. The van der Waals surface area contributed by atoms with Crippen LogP contribution in [0.2, 0.25) is 0 Å². The molecule has 0 radical (unpaired) electrons. The monoisotopic (exact) mass is 200 g/mol. The third-order valence-electron chi connectivity index (χ3n) is 2.77. The summed E-state index contributed by atoms with van der Waals surface area (Å²) >= 11 is 0. The highest BCUT2D eigenvalue weighted by Crippen LogP contribution is 2.34. The number of hydrogen-bond acceptors (Lipinski definition) is 3. The Morgan fingerprint density at radius 3 is 2.79 bits per heavy atom. The quantitative estimate of drug-likeness (QED) is 0.634. The Morgan fingerprint density at radius 1 is 1.50 bits per heavy atom. The van der Waals surface area contributed by atoms with Gasteiger partial charge in [0.05, 0.1) is 6.10 Å². The van der Waals surface area contributed by atoms with Gasteiger partial charge in [0.1, 0.15) is 0 Å². The van der Waals surface area contributed by atoms with Gasteiger partial charge in [-0.3, -0.25) is 0 Å². The van der Waals surface area contributed by atoms with Crippen molar-refractivity contribution >= 4 is 0 Å². The van der Waals surface area contributed by atoms with Gasteiger partial charge in [-0.05, 0) is 32.9 Å². The van der Waals surface area contributed by atoms with Crippen LogP contribution in [0.1, 0.15) is 26.2 Å². The molecule has 0 spiro atoms. The molecule has 1 aliphatic rings. The van der Waals surface area contributed by atoms with E-state index in [4.69, 9.17) is 0 Å². The molecule has 14 heavy (non-hydrogen) atoms. The molecule has 0 bridgehead atoms. The first-order valence-corrected chi connectivity index (χ1v) is 5.69. The third kappa shape index (κ3) is 4.40. The van der Waals surface area contributed by atoms with E-state index >= 15 is 0 Å². The van der Waals surface area contributed by atoms with E-state index in [9.17, 15) is 5.11 Å². The van der Waals surface area contributed by atoms with Gasteiger partial charge in [-0.2, -0.15) is 0 Å². The van der Waals surface area contributed by atoms with Crippen LogP contribution < -0.4 is 5.32 Å². The molecule has 3 atom stereocenters. The Hall–Kier alpha value is -0.120. The van der Waals surface area contributed by atoms with Crippen LogP contribution in [0, 0.1) is 5.92 Å². The van der Waals surface area contributed by atoms with Gasteiger partial charge in [-0.15, -0.1) is 0 Å². The SMILES string of the molecule is CCCC1CC1NCC(O)CN(C)C. The lowest BCUT2D eigenvalue weighted by atomic mass is 10.2. The van der Waals surface area contributed by atoms with E-state index < -0.39 is 0 Å². The largest absolute Gasteiger partial charge is 0.390 e. The van der Waals surface area contributed by atoms with Crippen LogP contribution in [0.5, 0.6) is 0 Å². The van der Waals surface area contributed by atoms with Gasteiger partial charge in [-0.25, -0.2) is 0 Å². The molecule has 1 fully saturated rings. The van der Waals surface area contributed by atoms with Crippen LogP contribution in [-0.2, 0) is 0 Å². The molecule has 3 heteroatoms. The van der Waals surface area contributed by atoms with Crippen LogP contribution in [0.3, 0.4) is 0 Å². The van der Waals surface area contributed by atoms with Crippen molar-refractivity contribution in [3.05, 3.63) is 0 Å². The predicted octanol–water partition coefficient (Wildman–Crippen LogP) is 0.687. The molecule has 1 aliphatic carbocycles. The van der Waals surface area contributed by atoms with Crippen molar-refractivity contribution in [2.24, 2.45) is 5.92 Å². The van der Waals surface area contributed by atoms with E-state index in [1.807, 2.05) is 19.0 Å². The Morgan fingerprint density at radius 2 is 2.21 bits per heavy atom. The average molecular weight is 200 g/mol. The molecular formula is C11H24N2O. The van der Waals surface area contributed by atoms with Gasteiger partial charge in [0.2, 0.25) is 0 Å². The first kappa shape index (κ1) is 12.0. The number of aliphatic hydroxyl groups excluding tert-OH is 1. The summed E-state index contributed by atoms with van der Waals surface area (Å²) in [4.78, 5) is 2.02. The molecule has 0 heterocycles. The van der Waals surface area contributed by atoms with Crippen LogP contribution in [0.15, 0.2) is 0 Å². The number of likely N-dealkylation sites (N-methyl/N-ethyl adjacent to an activating group) is 1. The summed E-state index contributed by atoms with van der Waals surface area (Å²) in [6.45, 7) is 3.72. The molecule has 0 aromatic carbocycles. The first-order chi connectivity index (χ1) is 6.63. The molecule has 1 saturated carbocycles. The topological polar surface area (TPSA) is 35.5 Å². The minimum absolute atomic E-state index is 0.229. The highest BCUT2D eigenvalue weighted by molar-refractivity contribution is 4.92. The number of hydrogen-bond donors (Lipinski definition) is 2. The summed E-state index contributed by atoms with van der Waals surface area (Å²) in [7, 11) is 3.97. The Labute approximate surface area is 87.5 Å². The Balaban J connectivity index is 1.99. The van der Waals surface area contributed by atoms with Crippen molar-refractivity contribution in [2.45, 2.75) is 38.3 Å². The molecule has 0 amide bonds. The molecule has 0 aromatic rings. The second kappa shape index (κ2) is 5.69. The lowest BCUT2D eigenvalue weighted by molar-refractivity contribution is 0.134. The van der Waals surface area contributed by atoms with E-state index in [0.29, 0.717) is 6.04 Å². The standard InChI is InChI=1S/C11H24N2O/c1-4-5-9-6-11(9)12-7-10(14)8-13(2)3/h9-12,14H,4-8H2,1-3H3. The molecule has 1 rings (SSSR count). The molecule has 84 valence electrons. The highest BCUT2D eigenvalue weighted by Gasteiger charge is 2.35. The van der Waals surface area contributed by atoms with Crippen molar-refractivity contribution in [1.82, 2.24) is 10.2 Å². The molecule has 0 aliphatic heterocycles. The van der Waals surface area contributed by atoms with E-state index in [0.717, 1.165) is 19.0 Å². The van der Waals surface area contributed by atoms with Gasteiger partial charge in [0, 0.05) is 19.1 Å². The van der Waals surface area contributed by atoms with Gasteiger partial charge >= 0.3 is 0 Å². The zero-order valence-corrected chi connectivity index (χ0v) is 9.66. The number of nitrogens with zero attached hydrogens (tertiary/aromatic N) is 1. The fourth-order valence-electron chi connectivity index (χ4n) is 1.96. The van der Waals surface area contributed by atoms with Gasteiger partial charge in [0.25, 0.3) is 0 Å². The summed E-state index contributed by atoms with van der Waals surface area (Å²) < 4.78 is 0. The number of nitrogens with one attached hydrogen (secondary N) is 1. The molecule has 0 saturated heterocycles. The van der Waals surface area contributed by atoms with E-state index in [1.165, 1.54) is 19.3 Å². The van der Waals surface area contributed by atoms with Crippen molar-refractivity contribution in [1.29, 1.82) is 0 Å². The molecule has 0 aromatic heterocycles. The number of aliphatic hydroxyl groups is 1.